The number of hydrogen-bond acceptors (Lipinski definition) is 2. The van der Waals surface area contributed by atoms with Gasteiger partial charge in [-0.2, -0.15) is 0 Å². The standard InChI is InChI=1S/C16H25NO/c1-2-16(18)14-10-6-7-11-15(14)17-12-8-4-3-5-9-13-17/h6-7,10-11,16,18H,2-5,8-9,12-13H2,1H3. The van der Waals surface area contributed by atoms with Crippen molar-refractivity contribution in [2.75, 3.05) is 18.0 Å². The summed E-state index contributed by atoms with van der Waals surface area (Å²) in [5.41, 5.74) is 2.34. The van der Waals surface area contributed by atoms with Gasteiger partial charge in [-0.25, -0.2) is 0 Å². The predicted molar refractivity (Wildman–Crippen MR) is 77.0 cm³/mol. The van der Waals surface area contributed by atoms with Gasteiger partial charge in [0.25, 0.3) is 0 Å². The first-order valence-electron chi connectivity index (χ1n) is 7.35. The zero-order valence-corrected chi connectivity index (χ0v) is 11.4. The molecule has 1 aliphatic rings. The molecule has 1 atom stereocenters. The maximum atomic E-state index is 10.1. The number of aliphatic hydroxyl groups is 1. The largest absolute Gasteiger partial charge is 0.388 e. The van der Waals surface area contributed by atoms with Crippen LogP contribution in [-0.4, -0.2) is 18.2 Å². The molecule has 2 nitrogen and oxygen atoms in total. The summed E-state index contributed by atoms with van der Waals surface area (Å²) in [6.07, 6.45) is 7.07. The molecule has 2 rings (SSSR count). The van der Waals surface area contributed by atoms with Crippen molar-refractivity contribution in [3.63, 3.8) is 0 Å². The SMILES string of the molecule is CCC(O)c1ccccc1N1CCCCCCC1. The Morgan fingerprint density at radius 3 is 2.33 bits per heavy atom. The Morgan fingerprint density at radius 2 is 1.67 bits per heavy atom. The molecule has 100 valence electrons. The molecule has 0 amide bonds. The molecule has 1 aromatic carbocycles. The van der Waals surface area contributed by atoms with Crippen LogP contribution in [0.15, 0.2) is 24.3 Å². The Labute approximate surface area is 111 Å². The van der Waals surface area contributed by atoms with E-state index in [9.17, 15) is 5.11 Å². The molecule has 2 heteroatoms. The smallest absolute Gasteiger partial charge is 0.0807 e. The molecule has 0 aromatic heterocycles. The highest BCUT2D eigenvalue weighted by atomic mass is 16.3. The molecule has 0 spiro atoms. The third kappa shape index (κ3) is 3.26. The molecule has 1 unspecified atom stereocenters. The number of para-hydroxylation sites is 1. The van der Waals surface area contributed by atoms with Gasteiger partial charge in [-0.15, -0.1) is 0 Å². The van der Waals surface area contributed by atoms with E-state index in [-0.39, 0.29) is 6.10 Å². The van der Waals surface area contributed by atoms with Gasteiger partial charge < -0.3 is 10.0 Å². The fourth-order valence-electron chi connectivity index (χ4n) is 2.77. The second-order valence-corrected chi connectivity index (χ2v) is 5.24. The lowest BCUT2D eigenvalue weighted by Gasteiger charge is -2.30. The lowest BCUT2D eigenvalue weighted by molar-refractivity contribution is 0.174. The Hall–Kier alpha value is -1.02. The van der Waals surface area contributed by atoms with Crippen LogP contribution >= 0.6 is 0 Å². The van der Waals surface area contributed by atoms with Crippen molar-refractivity contribution in [2.24, 2.45) is 0 Å². The maximum absolute atomic E-state index is 10.1. The molecule has 18 heavy (non-hydrogen) atoms. The van der Waals surface area contributed by atoms with E-state index < -0.39 is 0 Å². The summed E-state index contributed by atoms with van der Waals surface area (Å²) in [6, 6.07) is 8.35. The zero-order chi connectivity index (χ0) is 12.8. The van der Waals surface area contributed by atoms with E-state index in [1.54, 1.807) is 0 Å². The number of nitrogens with zero attached hydrogens (tertiary/aromatic N) is 1. The summed E-state index contributed by atoms with van der Waals surface area (Å²) in [7, 11) is 0. The first-order valence-corrected chi connectivity index (χ1v) is 7.35. The van der Waals surface area contributed by atoms with Gasteiger partial charge >= 0.3 is 0 Å². The lowest BCUT2D eigenvalue weighted by Crippen LogP contribution is -2.28. The maximum Gasteiger partial charge on any atom is 0.0807 e. The quantitative estimate of drug-likeness (QED) is 0.875. The number of aliphatic hydroxyl groups excluding tert-OH is 1. The fraction of sp³-hybridized carbons (Fsp3) is 0.625. The first kappa shape index (κ1) is 13.4. The van der Waals surface area contributed by atoms with E-state index in [4.69, 9.17) is 0 Å². The molecule has 0 aliphatic carbocycles. The number of rotatable bonds is 3. The van der Waals surface area contributed by atoms with Crippen LogP contribution in [0, 0.1) is 0 Å². The van der Waals surface area contributed by atoms with Crippen LogP contribution in [0.4, 0.5) is 5.69 Å². The average Bonchev–Trinajstić information content (AvgIpc) is 2.38. The van der Waals surface area contributed by atoms with Gasteiger partial charge in [-0.1, -0.05) is 44.4 Å². The third-order valence-electron chi connectivity index (χ3n) is 3.88. The molecule has 0 radical (unpaired) electrons. The van der Waals surface area contributed by atoms with Crippen molar-refractivity contribution in [1.82, 2.24) is 0 Å². The Kier molecular flexibility index (Phi) is 5.06. The summed E-state index contributed by atoms with van der Waals surface area (Å²) in [5, 5.41) is 10.1. The molecule has 1 heterocycles. The van der Waals surface area contributed by atoms with Crippen molar-refractivity contribution in [2.45, 2.75) is 51.6 Å². The number of anilines is 1. The van der Waals surface area contributed by atoms with Gasteiger partial charge in [-0.05, 0) is 25.3 Å². The van der Waals surface area contributed by atoms with Gasteiger partial charge in [0, 0.05) is 24.3 Å². The summed E-state index contributed by atoms with van der Waals surface area (Å²) in [6.45, 7) is 4.30. The van der Waals surface area contributed by atoms with Gasteiger partial charge in [0.2, 0.25) is 0 Å². The van der Waals surface area contributed by atoms with E-state index in [0.29, 0.717) is 0 Å². The van der Waals surface area contributed by atoms with E-state index >= 15 is 0 Å². The van der Waals surface area contributed by atoms with Crippen molar-refractivity contribution >= 4 is 5.69 Å². The molecule has 1 saturated heterocycles. The van der Waals surface area contributed by atoms with Gasteiger partial charge in [-0.3, -0.25) is 0 Å². The predicted octanol–water partition coefficient (Wildman–Crippen LogP) is 3.90. The molecule has 0 bridgehead atoms. The van der Waals surface area contributed by atoms with Crippen LogP contribution < -0.4 is 4.90 Å². The monoisotopic (exact) mass is 247 g/mol. The minimum Gasteiger partial charge on any atom is -0.388 e. The van der Waals surface area contributed by atoms with Crippen molar-refractivity contribution in [3.05, 3.63) is 29.8 Å². The first-order chi connectivity index (χ1) is 8.83. The molecule has 1 fully saturated rings. The van der Waals surface area contributed by atoms with E-state index in [1.165, 1.54) is 37.8 Å². The van der Waals surface area contributed by atoms with Gasteiger partial charge in [0.1, 0.15) is 0 Å². The second kappa shape index (κ2) is 6.79. The van der Waals surface area contributed by atoms with Gasteiger partial charge in [0.05, 0.1) is 6.10 Å². The second-order valence-electron chi connectivity index (χ2n) is 5.24. The number of benzene rings is 1. The normalized spacial score (nSPS) is 19.1. The summed E-state index contributed by atoms with van der Waals surface area (Å²) >= 11 is 0. The van der Waals surface area contributed by atoms with E-state index in [2.05, 4.69) is 23.1 Å². The third-order valence-corrected chi connectivity index (χ3v) is 3.88. The van der Waals surface area contributed by atoms with Crippen LogP contribution in [0.25, 0.3) is 0 Å². The fourth-order valence-corrected chi connectivity index (χ4v) is 2.77. The van der Waals surface area contributed by atoms with E-state index in [0.717, 1.165) is 25.1 Å². The Morgan fingerprint density at radius 1 is 1.06 bits per heavy atom. The summed E-state index contributed by atoms with van der Waals surface area (Å²) < 4.78 is 0. The molecular formula is C16H25NO. The van der Waals surface area contributed by atoms with Crippen molar-refractivity contribution in [3.8, 4) is 0 Å². The van der Waals surface area contributed by atoms with Gasteiger partial charge in [0.15, 0.2) is 0 Å². The highest BCUT2D eigenvalue weighted by Gasteiger charge is 2.16. The highest BCUT2D eigenvalue weighted by Crippen LogP contribution is 2.29. The van der Waals surface area contributed by atoms with Crippen LogP contribution in [-0.2, 0) is 0 Å². The highest BCUT2D eigenvalue weighted by molar-refractivity contribution is 5.54. The van der Waals surface area contributed by atoms with Crippen molar-refractivity contribution in [1.29, 1.82) is 0 Å². The molecule has 1 aliphatic heterocycles. The zero-order valence-electron chi connectivity index (χ0n) is 11.4. The summed E-state index contributed by atoms with van der Waals surface area (Å²) in [5.74, 6) is 0. The van der Waals surface area contributed by atoms with Crippen LogP contribution in [0.5, 0.6) is 0 Å². The number of hydrogen-bond donors (Lipinski definition) is 1. The Bertz CT molecular complexity index is 356. The molecule has 0 saturated carbocycles. The molecule has 1 aromatic rings. The molecular weight excluding hydrogens is 222 g/mol. The topological polar surface area (TPSA) is 23.5 Å². The van der Waals surface area contributed by atoms with Crippen LogP contribution in [0.2, 0.25) is 0 Å². The lowest BCUT2D eigenvalue weighted by atomic mass is 10.0. The average molecular weight is 247 g/mol. The van der Waals surface area contributed by atoms with E-state index in [1.807, 2.05) is 13.0 Å². The Balaban J connectivity index is 2.19. The minimum absolute atomic E-state index is 0.327. The summed E-state index contributed by atoms with van der Waals surface area (Å²) in [4.78, 5) is 2.47. The molecule has 1 N–H and O–H groups in total. The van der Waals surface area contributed by atoms with Crippen LogP contribution in [0.3, 0.4) is 0 Å². The van der Waals surface area contributed by atoms with Crippen molar-refractivity contribution < 1.29 is 5.11 Å². The minimum atomic E-state index is -0.327. The van der Waals surface area contributed by atoms with Crippen LogP contribution in [0.1, 0.15) is 57.1 Å².